The number of hydrogen-bond acceptors (Lipinski definition) is 5. The van der Waals surface area contributed by atoms with Crippen LogP contribution in [0.4, 0.5) is 0 Å². The molecule has 0 unspecified atom stereocenters. The molecule has 0 radical (unpaired) electrons. The van der Waals surface area contributed by atoms with Crippen molar-refractivity contribution in [1.29, 1.82) is 0 Å². The Labute approximate surface area is 176 Å². The smallest absolute Gasteiger partial charge is 0.341 e. The molecule has 0 amide bonds. The second kappa shape index (κ2) is 9.31. The van der Waals surface area contributed by atoms with Gasteiger partial charge in [0.1, 0.15) is 23.7 Å². The van der Waals surface area contributed by atoms with Crippen LogP contribution in [-0.2, 0) is 11.4 Å². The van der Waals surface area contributed by atoms with E-state index in [1.54, 1.807) is 24.3 Å². The first-order valence-electron chi connectivity index (χ1n) is 9.62. The molecule has 0 saturated carbocycles. The summed E-state index contributed by atoms with van der Waals surface area (Å²) in [4.78, 5) is 15.3. The molecule has 2 aromatic carbocycles. The summed E-state index contributed by atoms with van der Waals surface area (Å²) in [5, 5.41) is 8.67. The Morgan fingerprint density at radius 3 is 2.13 bits per heavy atom. The maximum atomic E-state index is 10.6. The van der Waals surface area contributed by atoms with E-state index in [-0.39, 0.29) is 13.2 Å². The molecule has 0 atom stereocenters. The molecule has 1 heterocycles. The molecule has 0 saturated heterocycles. The number of aromatic nitrogens is 1. The van der Waals surface area contributed by atoms with Crippen molar-refractivity contribution in [2.24, 2.45) is 0 Å². The highest BCUT2D eigenvalue weighted by Gasteiger charge is 2.17. The van der Waals surface area contributed by atoms with E-state index in [1.807, 2.05) is 63.2 Å². The van der Waals surface area contributed by atoms with Crippen molar-refractivity contribution in [3.63, 3.8) is 0 Å². The zero-order valence-electron chi connectivity index (χ0n) is 17.3. The minimum Gasteiger partial charge on any atom is -0.489 e. The summed E-state index contributed by atoms with van der Waals surface area (Å²) in [6, 6.07) is 20.6. The number of benzene rings is 2. The Morgan fingerprint density at radius 2 is 1.53 bits per heavy atom. The Morgan fingerprint density at radius 1 is 0.900 bits per heavy atom. The molecule has 0 fully saturated rings. The van der Waals surface area contributed by atoms with Crippen molar-refractivity contribution in [2.45, 2.75) is 33.0 Å². The predicted molar refractivity (Wildman–Crippen MR) is 114 cm³/mol. The van der Waals surface area contributed by atoms with Crippen molar-refractivity contribution in [1.82, 2.24) is 4.98 Å². The van der Waals surface area contributed by atoms with Gasteiger partial charge in [-0.2, -0.15) is 0 Å². The van der Waals surface area contributed by atoms with E-state index in [9.17, 15) is 4.79 Å². The van der Waals surface area contributed by atoms with Crippen molar-refractivity contribution in [3.05, 3.63) is 72.3 Å². The molecule has 0 spiro atoms. The standard InChI is InChI=1S/C24H25NO5/c1-24(2,3)30-23-18(9-14-21(25-23)17-7-5-4-6-8-17)15-28-19-10-12-20(13-11-19)29-16-22(26)27/h4-14H,15-16H2,1-3H3,(H,26,27). The van der Waals surface area contributed by atoms with Gasteiger partial charge in [0.05, 0.1) is 11.3 Å². The highest BCUT2D eigenvalue weighted by molar-refractivity contribution is 5.68. The van der Waals surface area contributed by atoms with E-state index in [1.165, 1.54) is 0 Å². The van der Waals surface area contributed by atoms with Crippen molar-refractivity contribution in [3.8, 4) is 28.6 Å². The first-order chi connectivity index (χ1) is 14.3. The SMILES string of the molecule is CC(C)(C)Oc1nc(-c2ccccc2)ccc1COc1ccc(OCC(=O)O)cc1. The molecule has 6 heteroatoms. The lowest BCUT2D eigenvalue weighted by atomic mass is 10.1. The fourth-order valence-corrected chi connectivity index (χ4v) is 2.67. The summed E-state index contributed by atoms with van der Waals surface area (Å²) in [5.74, 6) is 0.611. The third-order valence-corrected chi connectivity index (χ3v) is 3.99. The van der Waals surface area contributed by atoms with Crippen LogP contribution in [0.1, 0.15) is 26.3 Å². The van der Waals surface area contributed by atoms with Gasteiger partial charge in [-0.15, -0.1) is 0 Å². The van der Waals surface area contributed by atoms with Gasteiger partial charge in [-0.25, -0.2) is 9.78 Å². The lowest BCUT2D eigenvalue weighted by molar-refractivity contribution is -0.139. The normalized spacial score (nSPS) is 11.0. The molecule has 0 bridgehead atoms. The maximum absolute atomic E-state index is 10.6. The first kappa shape index (κ1) is 21.2. The van der Waals surface area contributed by atoms with Gasteiger partial charge >= 0.3 is 5.97 Å². The number of nitrogens with zero attached hydrogens (tertiary/aromatic N) is 1. The molecule has 3 aromatic rings. The van der Waals surface area contributed by atoms with Crippen LogP contribution in [0, 0.1) is 0 Å². The van der Waals surface area contributed by atoms with Gasteiger partial charge in [0, 0.05) is 5.56 Å². The molecule has 156 valence electrons. The van der Waals surface area contributed by atoms with E-state index < -0.39 is 11.6 Å². The van der Waals surface area contributed by atoms with Crippen LogP contribution in [0.15, 0.2) is 66.7 Å². The molecule has 30 heavy (non-hydrogen) atoms. The number of ether oxygens (including phenoxy) is 3. The molecular formula is C24H25NO5. The highest BCUT2D eigenvalue weighted by Crippen LogP contribution is 2.27. The molecule has 3 rings (SSSR count). The van der Waals surface area contributed by atoms with Crippen LogP contribution in [0.5, 0.6) is 17.4 Å². The van der Waals surface area contributed by atoms with E-state index in [4.69, 9.17) is 24.3 Å². The van der Waals surface area contributed by atoms with Gasteiger partial charge in [-0.3, -0.25) is 0 Å². The molecule has 6 nitrogen and oxygen atoms in total. The summed E-state index contributed by atoms with van der Waals surface area (Å²) in [5.41, 5.74) is 2.27. The summed E-state index contributed by atoms with van der Waals surface area (Å²) in [6.07, 6.45) is 0. The number of rotatable bonds is 8. The first-order valence-corrected chi connectivity index (χ1v) is 9.62. The predicted octanol–water partition coefficient (Wildman–Crippen LogP) is 4.97. The third-order valence-electron chi connectivity index (χ3n) is 3.99. The largest absolute Gasteiger partial charge is 0.489 e. The lowest BCUT2D eigenvalue weighted by Crippen LogP contribution is -2.24. The number of carbonyl (C=O) groups is 1. The van der Waals surface area contributed by atoms with Gasteiger partial charge in [0.25, 0.3) is 0 Å². The molecule has 1 aromatic heterocycles. The van der Waals surface area contributed by atoms with Crippen molar-refractivity contribution < 1.29 is 24.1 Å². The fourth-order valence-electron chi connectivity index (χ4n) is 2.67. The zero-order chi connectivity index (χ0) is 21.6. The highest BCUT2D eigenvalue weighted by atomic mass is 16.5. The van der Waals surface area contributed by atoms with Crippen LogP contribution in [0.25, 0.3) is 11.3 Å². The topological polar surface area (TPSA) is 77.9 Å². The average Bonchev–Trinajstić information content (AvgIpc) is 2.71. The van der Waals surface area contributed by atoms with Gasteiger partial charge < -0.3 is 19.3 Å². The zero-order valence-corrected chi connectivity index (χ0v) is 17.3. The van der Waals surface area contributed by atoms with E-state index in [0.717, 1.165) is 16.8 Å². The van der Waals surface area contributed by atoms with Crippen LogP contribution >= 0.6 is 0 Å². The minimum absolute atomic E-state index is 0.281. The van der Waals surface area contributed by atoms with Gasteiger partial charge in [0.2, 0.25) is 5.88 Å². The fraction of sp³-hybridized carbons (Fsp3) is 0.250. The van der Waals surface area contributed by atoms with E-state index >= 15 is 0 Å². The maximum Gasteiger partial charge on any atom is 0.341 e. The molecule has 0 aliphatic rings. The average molecular weight is 407 g/mol. The summed E-state index contributed by atoms with van der Waals surface area (Å²) >= 11 is 0. The number of aliphatic carboxylic acids is 1. The van der Waals surface area contributed by atoms with Crippen LogP contribution in [-0.4, -0.2) is 28.3 Å². The molecule has 0 aliphatic carbocycles. The van der Waals surface area contributed by atoms with E-state index in [2.05, 4.69) is 0 Å². The van der Waals surface area contributed by atoms with Crippen LogP contribution < -0.4 is 14.2 Å². The number of pyridine rings is 1. The Hall–Kier alpha value is -3.54. The Balaban J connectivity index is 1.75. The number of hydrogen-bond donors (Lipinski definition) is 1. The lowest BCUT2D eigenvalue weighted by Gasteiger charge is -2.23. The molecule has 0 aliphatic heterocycles. The van der Waals surface area contributed by atoms with Crippen LogP contribution in [0.3, 0.4) is 0 Å². The second-order valence-corrected chi connectivity index (χ2v) is 7.68. The van der Waals surface area contributed by atoms with Crippen molar-refractivity contribution >= 4 is 5.97 Å². The summed E-state index contributed by atoms with van der Waals surface area (Å²) < 4.78 is 17.1. The molecule has 1 N–H and O–H groups in total. The van der Waals surface area contributed by atoms with Gasteiger partial charge in [0.15, 0.2) is 6.61 Å². The quantitative estimate of drug-likeness (QED) is 0.568. The summed E-state index contributed by atoms with van der Waals surface area (Å²) in [7, 11) is 0. The molecular weight excluding hydrogens is 382 g/mol. The monoisotopic (exact) mass is 407 g/mol. The Bertz CT molecular complexity index is 979. The second-order valence-electron chi connectivity index (χ2n) is 7.68. The van der Waals surface area contributed by atoms with Gasteiger partial charge in [-0.1, -0.05) is 30.3 Å². The summed E-state index contributed by atoms with van der Waals surface area (Å²) in [6.45, 7) is 5.83. The van der Waals surface area contributed by atoms with Gasteiger partial charge in [-0.05, 0) is 57.2 Å². The van der Waals surface area contributed by atoms with E-state index in [0.29, 0.717) is 17.4 Å². The third kappa shape index (κ3) is 6.24. The number of carboxylic acids is 1. The van der Waals surface area contributed by atoms with Crippen LogP contribution in [0.2, 0.25) is 0 Å². The van der Waals surface area contributed by atoms with Crippen molar-refractivity contribution in [2.75, 3.05) is 6.61 Å². The number of carboxylic acid groups (broad SMARTS) is 1. The Kier molecular flexibility index (Phi) is 6.57. The minimum atomic E-state index is -1.02.